The number of anilines is 1. The topological polar surface area (TPSA) is 94.2 Å². The van der Waals surface area contributed by atoms with Crippen LogP contribution < -0.4 is 24.4 Å². The standard InChI is InChI=1S/C27H22ClFN2O6/c1-3-36-20-9-7-19(8-10-20)31-26(33)21(25(32)30-27(31)34)12-17-13-22(28)24(23(14-17)35-2)37-15-16-5-4-6-18(29)11-16/h4-14H,3,15H2,1-2H3,(H,30,32,34)/b21-12+. The predicted octanol–water partition coefficient (Wildman–Crippen LogP) is 5.13. The van der Waals surface area contributed by atoms with Crippen LogP contribution in [0.4, 0.5) is 14.9 Å². The Hall–Kier alpha value is -4.37. The molecule has 1 saturated heterocycles. The maximum absolute atomic E-state index is 13.5. The Morgan fingerprint density at radius 2 is 1.78 bits per heavy atom. The number of nitrogens with zero attached hydrogens (tertiary/aromatic N) is 1. The summed E-state index contributed by atoms with van der Waals surface area (Å²) in [6.45, 7) is 2.33. The van der Waals surface area contributed by atoms with Gasteiger partial charge >= 0.3 is 6.03 Å². The molecule has 3 aromatic carbocycles. The first-order chi connectivity index (χ1) is 17.8. The van der Waals surface area contributed by atoms with Gasteiger partial charge in [0.2, 0.25) is 0 Å². The highest BCUT2D eigenvalue weighted by atomic mass is 35.5. The molecular formula is C27H22ClFN2O6. The van der Waals surface area contributed by atoms with E-state index >= 15 is 0 Å². The van der Waals surface area contributed by atoms with E-state index in [1.54, 1.807) is 36.4 Å². The Morgan fingerprint density at radius 3 is 2.46 bits per heavy atom. The molecule has 190 valence electrons. The van der Waals surface area contributed by atoms with Crippen LogP contribution in [0.2, 0.25) is 5.02 Å². The maximum Gasteiger partial charge on any atom is 0.335 e. The number of halogens is 2. The number of urea groups is 1. The van der Waals surface area contributed by atoms with E-state index in [0.717, 1.165) is 4.90 Å². The summed E-state index contributed by atoms with van der Waals surface area (Å²) >= 11 is 6.42. The van der Waals surface area contributed by atoms with E-state index in [0.29, 0.717) is 23.5 Å². The number of methoxy groups -OCH3 is 1. The molecule has 0 aromatic heterocycles. The molecule has 0 saturated carbocycles. The number of benzene rings is 3. The van der Waals surface area contributed by atoms with Crippen molar-refractivity contribution in [1.29, 1.82) is 0 Å². The van der Waals surface area contributed by atoms with Gasteiger partial charge < -0.3 is 14.2 Å². The largest absolute Gasteiger partial charge is 0.494 e. The molecule has 0 atom stereocenters. The number of hydrogen-bond acceptors (Lipinski definition) is 6. The van der Waals surface area contributed by atoms with E-state index in [1.807, 2.05) is 6.92 Å². The molecule has 0 aliphatic carbocycles. The number of ether oxygens (including phenoxy) is 3. The average molecular weight is 525 g/mol. The summed E-state index contributed by atoms with van der Waals surface area (Å²) < 4.78 is 30.0. The van der Waals surface area contributed by atoms with E-state index < -0.39 is 23.7 Å². The third kappa shape index (κ3) is 5.73. The van der Waals surface area contributed by atoms with E-state index in [1.165, 1.54) is 37.5 Å². The first kappa shape index (κ1) is 25.7. The number of rotatable bonds is 8. The van der Waals surface area contributed by atoms with Crippen molar-refractivity contribution < 1.29 is 33.0 Å². The van der Waals surface area contributed by atoms with E-state index in [4.69, 9.17) is 25.8 Å². The summed E-state index contributed by atoms with van der Waals surface area (Å²) in [6.07, 6.45) is 1.30. The second-order valence-corrected chi connectivity index (χ2v) is 8.24. The molecule has 4 rings (SSSR count). The highest BCUT2D eigenvalue weighted by Gasteiger charge is 2.37. The molecular weight excluding hydrogens is 503 g/mol. The molecule has 10 heteroatoms. The summed E-state index contributed by atoms with van der Waals surface area (Å²) in [4.78, 5) is 39.0. The average Bonchev–Trinajstić information content (AvgIpc) is 2.86. The van der Waals surface area contributed by atoms with Gasteiger partial charge in [0.15, 0.2) is 11.5 Å². The highest BCUT2D eigenvalue weighted by molar-refractivity contribution is 6.39. The quantitative estimate of drug-likeness (QED) is 0.324. The lowest BCUT2D eigenvalue weighted by atomic mass is 10.1. The molecule has 8 nitrogen and oxygen atoms in total. The van der Waals surface area contributed by atoms with Crippen molar-refractivity contribution in [3.8, 4) is 17.2 Å². The summed E-state index contributed by atoms with van der Waals surface area (Å²) in [5.41, 5.74) is 0.938. The second kappa shape index (κ2) is 11.1. The van der Waals surface area contributed by atoms with Crippen molar-refractivity contribution in [3.05, 3.63) is 88.2 Å². The Morgan fingerprint density at radius 1 is 1.03 bits per heavy atom. The Balaban J connectivity index is 1.61. The molecule has 4 amide bonds. The van der Waals surface area contributed by atoms with Gasteiger partial charge in [-0.25, -0.2) is 14.1 Å². The molecule has 1 heterocycles. The van der Waals surface area contributed by atoms with Crippen molar-refractivity contribution >= 4 is 41.2 Å². The molecule has 1 aliphatic rings. The van der Waals surface area contributed by atoms with Crippen LogP contribution in [-0.2, 0) is 16.2 Å². The molecule has 37 heavy (non-hydrogen) atoms. The lowest BCUT2D eigenvalue weighted by Crippen LogP contribution is -2.54. The van der Waals surface area contributed by atoms with Gasteiger partial charge in [-0.3, -0.25) is 14.9 Å². The first-order valence-corrected chi connectivity index (χ1v) is 11.6. The summed E-state index contributed by atoms with van der Waals surface area (Å²) in [6, 6.07) is 14.4. The second-order valence-electron chi connectivity index (χ2n) is 7.84. The molecule has 3 aromatic rings. The van der Waals surface area contributed by atoms with Crippen molar-refractivity contribution in [2.75, 3.05) is 18.6 Å². The molecule has 0 radical (unpaired) electrons. The van der Waals surface area contributed by atoms with Crippen LogP contribution in [0.15, 0.2) is 66.2 Å². The predicted molar refractivity (Wildman–Crippen MR) is 135 cm³/mol. The lowest BCUT2D eigenvalue weighted by Gasteiger charge is -2.26. The number of nitrogens with one attached hydrogen (secondary N) is 1. The number of barbiturate groups is 1. The number of amides is 4. The zero-order chi connectivity index (χ0) is 26.5. The zero-order valence-electron chi connectivity index (χ0n) is 19.9. The third-order valence-corrected chi connectivity index (χ3v) is 5.62. The van der Waals surface area contributed by atoms with Gasteiger partial charge in [-0.2, -0.15) is 0 Å². The minimum atomic E-state index is -0.868. The van der Waals surface area contributed by atoms with Gasteiger partial charge in [-0.15, -0.1) is 0 Å². The van der Waals surface area contributed by atoms with Crippen LogP contribution in [0.25, 0.3) is 6.08 Å². The summed E-state index contributed by atoms with van der Waals surface area (Å²) in [7, 11) is 1.41. The molecule has 0 unspecified atom stereocenters. The van der Waals surface area contributed by atoms with Crippen LogP contribution in [0.1, 0.15) is 18.1 Å². The molecule has 1 fully saturated rings. The number of carbonyl (C=O) groups is 3. The summed E-state index contributed by atoms with van der Waals surface area (Å²) in [5, 5.41) is 2.32. The maximum atomic E-state index is 13.5. The highest BCUT2D eigenvalue weighted by Crippen LogP contribution is 2.38. The molecule has 0 spiro atoms. The zero-order valence-corrected chi connectivity index (χ0v) is 20.7. The minimum absolute atomic E-state index is 0.0360. The Labute approximate surface area is 217 Å². The van der Waals surface area contributed by atoms with Crippen LogP contribution in [-0.4, -0.2) is 31.6 Å². The van der Waals surface area contributed by atoms with Gasteiger partial charge in [-0.1, -0.05) is 23.7 Å². The normalized spacial score (nSPS) is 14.5. The smallest absolute Gasteiger partial charge is 0.335 e. The third-order valence-electron chi connectivity index (χ3n) is 5.34. The number of imide groups is 2. The molecule has 1 N–H and O–H groups in total. The van der Waals surface area contributed by atoms with Crippen LogP contribution in [0.3, 0.4) is 0 Å². The molecule has 0 bridgehead atoms. The number of carbonyl (C=O) groups excluding carboxylic acids is 3. The van der Waals surface area contributed by atoms with Gasteiger partial charge in [-0.05, 0) is 72.7 Å². The Bertz CT molecular complexity index is 1390. The van der Waals surface area contributed by atoms with Crippen LogP contribution >= 0.6 is 11.6 Å². The number of hydrogen-bond donors (Lipinski definition) is 1. The SMILES string of the molecule is CCOc1ccc(N2C(=O)NC(=O)/C(=C\c3cc(Cl)c(OCc4cccc(F)c4)c(OC)c3)C2=O)cc1. The van der Waals surface area contributed by atoms with E-state index in [2.05, 4.69) is 5.32 Å². The minimum Gasteiger partial charge on any atom is -0.494 e. The van der Waals surface area contributed by atoms with E-state index in [-0.39, 0.29) is 34.4 Å². The fourth-order valence-corrected chi connectivity index (χ4v) is 3.94. The van der Waals surface area contributed by atoms with Crippen molar-refractivity contribution in [3.63, 3.8) is 0 Å². The lowest BCUT2D eigenvalue weighted by molar-refractivity contribution is -0.122. The van der Waals surface area contributed by atoms with Gasteiger partial charge in [0.1, 0.15) is 23.7 Å². The molecule has 1 aliphatic heterocycles. The van der Waals surface area contributed by atoms with Gasteiger partial charge in [0, 0.05) is 0 Å². The van der Waals surface area contributed by atoms with Crippen molar-refractivity contribution in [2.45, 2.75) is 13.5 Å². The van der Waals surface area contributed by atoms with Crippen molar-refractivity contribution in [2.24, 2.45) is 0 Å². The van der Waals surface area contributed by atoms with Crippen LogP contribution in [0, 0.1) is 5.82 Å². The fourth-order valence-electron chi connectivity index (χ4n) is 3.66. The van der Waals surface area contributed by atoms with E-state index in [9.17, 15) is 18.8 Å². The Kier molecular flexibility index (Phi) is 7.74. The van der Waals surface area contributed by atoms with Gasteiger partial charge in [0.25, 0.3) is 11.8 Å². The summed E-state index contributed by atoms with van der Waals surface area (Å²) in [5.74, 6) is -1.03. The first-order valence-electron chi connectivity index (χ1n) is 11.2. The fraction of sp³-hybridized carbons (Fsp3) is 0.148. The van der Waals surface area contributed by atoms with Crippen molar-refractivity contribution in [1.82, 2.24) is 5.32 Å². The monoisotopic (exact) mass is 524 g/mol. The van der Waals surface area contributed by atoms with Crippen LogP contribution in [0.5, 0.6) is 17.2 Å². The van der Waals surface area contributed by atoms with Gasteiger partial charge in [0.05, 0.1) is 24.4 Å².